The van der Waals surface area contributed by atoms with Crippen molar-refractivity contribution in [3.05, 3.63) is 34.9 Å². The molecule has 0 amide bonds. The summed E-state index contributed by atoms with van der Waals surface area (Å²) >= 11 is 0. The number of hydrogen-bond acceptors (Lipinski definition) is 3. The van der Waals surface area contributed by atoms with Gasteiger partial charge in [0, 0.05) is 0 Å². The van der Waals surface area contributed by atoms with Crippen LogP contribution in [0.25, 0.3) is 0 Å². The van der Waals surface area contributed by atoms with Gasteiger partial charge < -0.3 is 0 Å². The van der Waals surface area contributed by atoms with Crippen LogP contribution in [0, 0.1) is 0 Å². The molecule has 4 heteroatoms. The summed E-state index contributed by atoms with van der Waals surface area (Å²) in [6.45, 7) is 4.28. The third-order valence-corrected chi connectivity index (χ3v) is 2.91. The molecule has 0 N–H and O–H groups in total. The van der Waals surface area contributed by atoms with E-state index in [1.54, 1.807) is 0 Å². The SMILES string of the molecule is CCc1cc(CC)cc(COS(C)(=O)=O)c1. The van der Waals surface area contributed by atoms with Crippen LogP contribution in [0.3, 0.4) is 0 Å². The Morgan fingerprint density at radius 1 is 1.00 bits per heavy atom. The Kier molecular flexibility index (Phi) is 4.50. The van der Waals surface area contributed by atoms with Gasteiger partial charge in [0.1, 0.15) is 0 Å². The van der Waals surface area contributed by atoms with E-state index in [9.17, 15) is 8.42 Å². The molecule has 0 atom stereocenters. The van der Waals surface area contributed by atoms with Gasteiger partial charge >= 0.3 is 0 Å². The highest BCUT2D eigenvalue weighted by molar-refractivity contribution is 7.85. The van der Waals surface area contributed by atoms with Crippen molar-refractivity contribution in [2.75, 3.05) is 6.26 Å². The third-order valence-electron chi connectivity index (χ3n) is 2.37. The lowest BCUT2D eigenvalue weighted by atomic mass is 10.0. The summed E-state index contributed by atoms with van der Waals surface area (Å²) in [6.07, 6.45) is 2.96. The lowest BCUT2D eigenvalue weighted by Gasteiger charge is -2.07. The van der Waals surface area contributed by atoms with E-state index in [-0.39, 0.29) is 6.61 Å². The molecule has 0 spiro atoms. The summed E-state index contributed by atoms with van der Waals surface area (Å²) in [5, 5.41) is 0. The average Bonchev–Trinajstić information content (AvgIpc) is 2.25. The van der Waals surface area contributed by atoms with Crippen LogP contribution in [0.15, 0.2) is 18.2 Å². The van der Waals surface area contributed by atoms with Gasteiger partial charge in [-0.05, 0) is 29.5 Å². The van der Waals surface area contributed by atoms with E-state index in [0.29, 0.717) is 0 Å². The Bertz CT molecular complexity index is 427. The van der Waals surface area contributed by atoms with E-state index in [2.05, 4.69) is 19.9 Å². The predicted molar refractivity (Wildman–Crippen MR) is 64.8 cm³/mol. The summed E-state index contributed by atoms with van der Waals surface area (Å²) in [6, 6.07) is 6.12. The molecule has 0 aliphatic heterocycles. The second-order valence-electron chi connectivity index (χ2n) is 3.83. The molecule has 0 unspecified atom stereocenters. The molecular formula is C12H18O3S. The molecule has 1 rings (SSSR count). The van der Waals surface area contributed by atoms with Gasteiger partial charge in [-0.25, -0.2) is 0 Å². The summed E-state index contributed by atoms with van der Waals surface area (Å²) < 4.78 is 26.6. The zero-order valence-corrected chi connectivity index (χ0v) is 10.8. The van der Waals surface area contributed by atoms with Gasteiger partial charge in [-0.2, -0.15) is 8.42 Å². The van der Waals surface area contributed by atoms with Gasteiger partial charge in [-0.15, -0.1) is 0 Å². The quantitative estimate of drug-likeness (QED) is 0.744. The molecule has 0 fully saturated rings. The normalized spacial score (nSPS) is 11.7. The van der Waals surface area contributed by atoms with Gasteiger partial charge in [0.25, 0.3) is 10.1 Å². The van der Waals surface area contributed by atoms with E-state index in [1.165, 1.54) is 11.1 Å². The van der Waals surface area contributed by atoms with Gasteiger partial charge in [-0.3, -0.25) is 4.18 Å². The first-order chi connectivity index (χ1) is 7.44. The van der Waals surface area contributed by atoms with Crippen LogP contribution in [0.2, 0.25) is 0 Å². The van der Waals surface area contributed by atoms with Crippen molar-refractivity contribution < 1.29 is 12.6 Å². The minimum absolute atomic E-state index is 0.125. The van der Waals surface area contributed by atoms with Gasteiger partial charge in [0.05, 0.1) is 12.9 Å². The fourth-order valence-electron chi connectivity index (χ4n) is 1.51. The van der Waals surface area contributed by atoms with Crippen molar-refractivity contribution in [2.45, 2.75) is 33.3 Å². The maximum atomic E-state index is 10.9. The Morgan fingerprint density at radius 2 is 1.44 bits per heavy atom. The van der Waals surface area contributed by atoms with Crippen LogP contribution < -0.4 is 0 Å². The smallest absolute Gasteiger partial charge is 0.264 e. The zero-order valence-electron chi connectivity index (χ0n) is 9.99. The second-order valence-corrected chi connectivity index (χ2v) is 5.48. The highest BCUT2D eigenvalue weighted by Gasteiger charge is 2.04. The van der Waals surface area contributed by atoms with Crippen LogP contribution in [-0.2, 0) is 33.7 Å². The average molecular weight is 242 g/mol. The first-order valence-electron chi connectivity index (χ1n) is 5.40. The monoisotopic (exact) mass is 242 g/mol. The van der Waals surface area contributed by atoms with Crippen molar-refractivity contribution >= 4 is 10.1 Å². The molecule has 0 aliphatic carbocycles. The van der Waals surface area contributed by atoms with Crippen molar-refractivity contribution in [2.24, 2.45) is 0 Å². The van der Waals surface area contributed by atoms with Crippen molar-refractivity contribution in [1.82, 2.24) is 0 Å². The molecule has 1 aromatic rings. The maximum Gasteiger partial charge on any atom is 0.264 e. The largest absolute Gasteiger partial charge is 0.265 e. The van der Waals surface area contributed by atoms with E-state index in [0.717, 1.165) is 24.7 Å². The fraction of sp³-hybridized carbons (Fsp3) is 0.500. The summed E-state index contributed by atoms with van der Waals surface area (Å²) in [5.41, 5.74) is 3.35. The van der Waals surface area contributed by atoms with Gasteiger partial charge in [0.15, 0.2) is 0 Å². The number of benzene rings is 1. The maximum absolute atomic E-state index is 10.9. The van der Waals surface area contributed by atoms with Crippen LogP contribution in [0.4, 0.5) is 0 Å². The van der Waals surface area contributed by atoms with E-state index in [4.69, 9.17) is 4.18 Å². The molecule has 0 saturated carbocycles. The predicted octanol–water partition coefficient (Wildman–Crippen LogP) is 2.29. The molecule has 0 aliphatic rings. The Morgan fingerprint density at radius 3 is 1.81 bits per heavy atom. The van der Waals surface area contributed by atoms with E-state index >= 15 is 0 Å². The molecule has 0 bridgehead atoms. The molecule has 1 aromatic carbocycles. The van der Waals surface area contributed by atoms with Gasteiger partial charge in [-0.1, -0.05) is 32.0 Å². The fourth-order valence-corrected chi connectivity index (χ4v) is 1.86. The zero-order chi connectivity index (χ0) is 12.2. The molecule has 0 aromatic heterocycles. The number of aryl methyl sites for hydroxylation is 2. The first-order valence-corrected chi connectivity index (χ1v) is 7.22. The van der Waals surface area contributed by atoms with Crippen molar-refractivity contribution in [3.63, 3.8) is 0 Å². The lowest BCUT2D eigenvalue weighted by molar-refractivity contribution is 0.311. The second kappa shape index (κ2) is 5.46. The Balaban J connectivity index is 2.87. The molecule has 0 saturated heterocycles. The van der Waals surface area contributed by atoms with E-state index < -0.39 is 10.1 Å². The number of rotatable bonds is 5. The molecule has 0 radical (unpaired) electrons. The minimum atomic E-state index is -3.36. The summed E-state index contributed by atoms with van der Waals surface area (Å²) in [4.78, 5) is 0. The molecule has 16 heavy (non-hydrogen) atoms. The lowest BCUT2D eigenvalue weighted by Crippen LogP contribution is -2.03. The number of hydrogen-bond donors (Lipinski definition) is 0. The Labute approximate surface area is 97.6 Å². The topological polar surface area (TPSA) is 43.4 Å². The molecular weight excluding hydrogens is 224 g/mol. The van der Waals surface area contributed by atoms with Crippen LogP contribution in [0.5, 0.6) is 0 Å². The standard InChI is InChI=1S/C12H18O3S/c1-4-10-6-11(5-2)8-12(7-10)9-15-16(3,13)14/h6-8H,4-5,9H2,1-3H3. The molecule has 3 nitrogen and oxygen atoms in total. The van der Waals surface area contributed by atoms with Crippen LogP contribution in [0.1, 0.15) is 30.5 Å². The molecule has 0 heterocycles. The summed E-state index contributed by atoms with van der Waals surface area (Å²) in [5.74, 6) is 0. The highest BCUT2D eigenvalue weighted by atomic mass is 32.2. The van der Waals surface area contributed by atoms with Crippen molar-refractivity contribution in [1.29, 1.82) is 0 Å². The Hall–Kier alpha value is -0.870. The molecule has 90 valence electrons. The third kappa shape index (κ3) is 4.33. The van der Waals surface area contributed by atoms with Crippen molar-refractivity contribution in [3.8, 4) is 0 Å². The van der Waals surface area contributed by atoms with Gasteiger partial charge in [0.2, 0.25) is 0 Å². The highest BCUT2D eigenvalue weighted by Crippen LogP contribution is 2.13. The first kappa shape index (κ1) is 13.2. The van der Waals surface area contributed by atoms with E-state index in [1.807, 2.05) is 12.1 Å². The summed E-state index contributed by atoms with van der Waals surface area (Å²) in [7, 11) is -3.36. The minimum Gasteiger partial charge on any atom is -0.265 e. The van der Waals surface area contributed by atoms with Crippen LogP contribution in [-0.4, -0.2) is 14.7 Å². The van der Waals surface area contributed by atoms with Crippen LogP contribution >= 0.6 is 0 Å².